The number of aryl methyl sites for hydroxylation is 1. The van der Waals surface area contributed by atoms with Crippen LogP contribution in [0.15, 0.2) is 24.3 Å². The highest BCUT2D eigenvalue weighted by molar-refractivity contribution is 6.30. The van der Waals surface area contributed by atoms with Crippen LogP contribution in [0.25, 0.3) is 0 Å². The van der Waals surface area contributed by atoms with Crippen molar-refractivity contribution < 1.29 is 9.18 Å². The molecular formula is C20H24ClFN4O. The number of carbonyl (C=O) groups excluding carboxylic acids is 1. The Labute approximate surface area is 163 Å². The maximum absolute atomic E-state index is 14.1. The van der Waals surface area contributed by atoms with Gasteiger partial charge >= 0.3 is 0 Å². The zero-order valence-electron chi connectivity index (χ0n) is 15.3. The predicted octanol–water partition coefficient (Wildman–Crippen LogP) is 3.50. The van der Waals surface area contributed by atoms with Crippen molar-refractivity contribution in [2.75, 3.05) is 6.54 Å². The molecule has 0 unspecified atom stereocenters. The van der Waals surface area contributed by atoms with E-state index in [9.17, 15) is 9.18 Å². The molecule has 0 spiro atoms. The SMILES string of the molecule is O=C(NCc1cc2n(n1)CCCN(Cc1ccc(Cl)cc1F)C2)C1CCC1. The van der Waals surface area contributed by atoms with E-state index in [0.717, 1.165) is 50.2 Å². The second-order valence-corrected chi connectivity index (χ2v) is 7.93. The van der Waals surface area contributed by atoms with Gasteiger partial charge in [-0.05, 0) is 37.5 Å². The highest BCUT2D eigenvalue weighted by Crippen LogP contribution is 2.26. The quantitative estimate of drug-likeness (QED) is 0.850. The van der Waals surface area contributed by atoms with Crippen LogP contribution in [-0.2, 0) is 31.0 Å². The largest absolute Gasteiger partial charge is 0.350 e. The van der Waals surface area contributed by atoms with Crippen molar-refractivity contribution in [2.45, 2.75) is 51.9 Å². The topological polar surface area (TPSA) is 50.2 Å². The second kappa shape index (κ2) is 7.98. The van der Waals surface area contributed by atoms with Gasteiger partial charge in [0.1, 0.15) is 5.82 Å². The number of nitrogens with one attached hydrogen (secondary N) is 1. The fourth-order valence-electron chi connectivity index (χ4n) is 3.69. The van der Waals surface area contributed by atoms with Gasteiger partial charge in [0.15, 0.2) is 0 Å². The van der Waals surface area contributed by atoms with Crippen molar-refractivity contribution in [3.63, 3.8) is 0 Å². The van der Waals surface area contributed by atoms with Crippen molar-refractivity contribution >= 4 is 17.5 Å². The highest BCUT2D eigenvalue weighted by atomic mass is 35.5. The molecule has 1 aromatic heterocycles. The Morgan fingerprint density at radius 1 is 1.26 bits per heavy atom. The molecule has 2 heterocycles. The minimum absolute atomic E-state index is 0.143. The fraction of sp³-hybridized carbons (Fsp3) is 0.500. The van der Waals surface area contributed by atoms with Gasteiger partial charge in [0.2, 0.25) is 5.91 Å². The number of halogens is 2. The summed E-state index contributed by atoms with van der Waals surface area (Å²) in [5, 5.41) is 8.05. The standard InChI is InChI=1S/C20H24ClFN4O/c21-16-6-5-15(19(22)9-16)12-25-7-2-8-26-18(13-25)10-17(24-26)11-23-20(27)14-3-1-4-14/h5-6,9-10,14H,1-4,7-8,11-13H2,(H,23,27). The van der Waals surface area contributed by atoms with Crippen LogP contribution in [0.2, 0.25) is 5.02 Å². The van der Waals surface area contributed by atoms with Gasteiger partial charge < -0.3 is 5.32 Å². The van der Waals surface area contributed by atoms with Gasteiger partial charge in [0, 0.05) is 42.7 Å². The van der Waals surface area contributed by atoms with Crippen LogP contribution in [0.3, 0.4) is 0 Å². The Balaban J connectivity index is 1.39. The van der Waals surface area contributed by atoms with Crippen LogP contribution >= 0.6 is 11.6 Å². The summed E-state index contributed by atoms with van der Waals surface area (Å²) in [4.78, 5) is 14.2. The Morgan fingerprint density at radius 3 is 2.85 bits per heavy atom. The number of aromatic nitrogens is 2. The summed E-state index contributed by atoms with van der Waals surface area (Å²) < 4.78 is 16.1. The van der Waals surface area contributed by atoms with Crippen LogP contribution in [0.4, 0.5) is 4.39 Å². The highest BCUT2D eigenvalue weighted by Gasteiger charge is 2.25. The molecule has 1 aliphatic carbocycles. The molecule has 1 amide bonds. The molecule has 1 fully saturated rings. The molecule has 0 saturated heterocycles. The molecule has 7 heteroatoms. The number of hydrogen-bond donors (Lipinski definition) is 1. The summed E-state index contributed by atoms with van der Waals surface area (Å²) in [6.45, 7) is 3.46. The van der Waals surface area contributed by atoms with Gasteiger partial charge in [-0.1, -0.05) is 24.1 Å². The van der Waals surface area contributed by atoms with Crippen molar-refractivity contribution in [3.8, 4) is 0 Å². The molecule has 0 bridgehead atoms. The van der Waals surface area contributed by atoms with E-state index in [1.807, 2.05) is 4.68 Å². The number of amides is 1. The molecule has 4 rings (SSSR count). The average Bonchev–Trinajstić information content (AvgIpc) is 2.86. The van der Waals surface area contributed by atoms with Crippen LogP contribution < -0.4 is 5.32 Å². The van der Waals surface area contributed by atoms with Crippen LogP contribution in [0, 0.1) is 11.7 Å². The molecule has 2 aromatic rings. The van der Waals surface area contributed by atoms with Gasteiger partial charge in [-0.2, -0.15) is 5.10 Å². The lowest BCUT2D eigenvalue weighted by Gasteiger charge is -2.23. The van der Waals surface area contributed by atoms with E-state index in [2.05, 4.69) is 21.4 Å². The fourth-order valence-corrected chi connectivity index (χ4v) is 3.85. The van der Waals surface area contributed by atoms with Crippen LogP contribution in [-0.4, -0.2) is 27.1 Å². The first kappa shape index (κ1) is 18.4. The molecule has 2 aliphatic rings. The molecule has 0 radical (unpaired) electrons. The maximum atomic E-state index is 14.1. The van der Waals surface area contributed by atoms with Crippen LogP contribution in [0.5, 0.6) is 0 Å². The lowest BCUT2D eigenvalue weighted by Crippen LogP contribution is -2.34. The summed E-state index contributed by atoms with van der Waals surface area (Å²) in [5.74, 6) is 0.0686. The third kappa shape index (κ3) is 4.33. The van der Waals surface area contributed by atoms with Gasteiger partial charge in [0.05, 0.1) is 17.9 Å². The number of hydrogen-bond acceptors (Lipinski definition) is 3. The van der Waals surface area contributed by atoms with E-state index in [4.69, 9.17) is 11.6 Å². The van der Waals surface area contributed by atoms with Gasteiger partial charge in [-0.3, -0.25) is 14.4 Å². The average molecular weight is 391 g/mol. The third-order valence-electron chi connectivity index (χ3n) is 5.47. The zero-order valence-corrected chi connectivity index (χ0v) is 16.0. The molecule has 5 nitrogen and oxygen atoms in total. The molecule has 144 valence electrons. The first-order chi connectivity index (χ1) is 13.1. The van der Waals surface area contributed by atoms with Crippen molar-refractivity contribution in [2.24, 2.45) is 5.92 Å². The monoisotopic (exact) mass is 390 g/mol. The summed E-state index contributed by atoms with van der Waals surface area (Å²) in [5.41, 5.74) is 2.65. The lowest BCUT2D eigenvalue weighted by atomic mass is 9.85. The Morgan fingerprint density at radius 2 is 2.11 bits per heavy atom. The summed E-state index contributed by atoms with van der Waals surface area (Å²) in [6.07, 6.45) is 4.11. The van der Waals surface area contributed by atoms with Gasteiger partial charge in [-0.25, -0.2) is 4.39 Å². The van der Waals surface area contributed by atoms with Crippen molar-refractivity contribution in [1.29, 1.82) is 0 Å². The number of nitrogens with zero attached hydrogens (tertiary/aromatic N) is 3. The summed E-state index contributed by atoms with van der Waals surface area (Å²) >= 11 is 5.84. The van der Waals surface area contributed by atoms with Crippen LogP contribution in [0.1, 0.15) is 42.6 Å². The number of benzene rings is 1. The van der Waals surface area contributed by atoms with E-state index in [0.29, 0.717) is 30.2 Å². The molecule has 1 aliphatic heterocycles. The first-order valence-corrected chi connectivity index (χ1v) is 9.96. The normalized spacial score (nSPS) is 17.9. The minimum atomic E-state index is -0.264. The van der Waals surface area contributed by atoms with Gasteiger partial charge in [-0.15, -0.1) is 0 Å². The third-order valence-corrected chi connectivity index (χ3v) is 5.71. The molecule has 27 heavy (non-hydrogen) atoms. The summed E-state index contributed by atoms with van der Waals surface area (Å²) in [6, 6.07) is 6.89. The molecule has 1 saturated carbocycles. The van der Waals surface area contributed by atoms with E-state index in [1.165, 1.54) is 6.07 Å². The second-order valence-electron chi connectivity index (χ2n) is 7.50. The van der Waals surface area contributed by atoms with E-state index >= 15 is 0 Å². The minimum Gasteiger partial charge on any atom is -0.350 e. The molecular weight excluding hydrogens is 367 g/mol. The predicted molar refractivity (Wildman–Crippen MR) is 102 cm³/mol. The number of fused-ring (bicyclic) bond motifs is 1. The summed E-state index contributed by atoms with van der Waals surface area (Å²) in [7, 11) is 0. The van der Waals surface area contributed by atoms with E-state index in [1.54, 1.807) is 12.1 Å². The lowest BCUT2D eigenvalue weighted by molar-refractivity contribution is -0.127. The first-order valence-electron chi connectivity index (χ1n) is 9.58. The van der Waals surface area contributed by atoms with Crippen molar-refractivity contribution in [3.05, 3.63) is 52.1 Å². The zero-order chi connectivity index (χ0) is 18.8. The number of rotatable bonds is 5. The smallest absolute Gasteiger partial charge is 0.223 e. The molecule has 1 N–H and O–H groups in total. The Kier molecular flexibility index (Phi) is 5.45. The molecule has 1 aromatic carbocycles. The molecule has 0 atom stereocenters. The van der Waals surface area contributed by atoms with E-state index in [-0.39, 0.29) is 17.6 Å². The van der Waals surface area contributed by atoms with E-state index < -0.39 is 0 Å². The Hall–Kier alpha value is -1.92. The maximum Gasteiger partial charge on any atom is 0.223 e. The van der Waals surface area contributed by atoms with Gasteiger partial charge in [0.25, 0.3) is 0 Å². The number of carbonyl (C=O) groups is 1. The Bertz CT molecular complexity index is 833. The van der Waals surface area contributed by atoms with Crippen molar-refractivity contribution in [1.82, 2.24) is 20.0 Å².